The third-order valence-corrected chi connectivity index (χ3v) is 5.02. The first kappa shape index (κ1) is 18.0. The van der Waals surface area contributed by atoms with Crippen LogP contribution in [-0.4, -0.2) is 12.1 Å². The highest BCUT2D eigenvalue weighted by Crippen LogP contribution is 2.30. The molecule has 0 saturated carbocycles. The van der Waals surface area contributed by atoms with Gasteiger partial charge in [-0.2, -0.15) is 0 Å². The minimum atomic E-state index is -0.109. The number of carbonyl (C=O) groups excluding carboxylic acids is 1. The predicted molar refractivity (Wildman–Crippen MR) is 109 cm³/mol. The number of carbonyl (C=O) groups is 1. The number of hydrogen-bond acceptors (Lipinski definition) is 1. The maximum atomic E-state index is 13.2. The standard InChI is InChI=1S/C23H26N2O/c1-17(2)19-15-14-18(3)22(16-19)24-23(26)25(20-10-6-4-7-11-20)21-12-8-5-9-13-21/h4-14,19,22H,1,15-16H2,2-3H3,(H,24,26)/t19-,22-/m0/s1. The van der Waals surface area contributed by atoms with Gasteiger partial charge in [-0.3, -0.25) is 4.90 Å². The van der Waals surface area contributed by atoms with Crippen molar-refractivity contribution in [3.63, 3.8) is 0 Å². The van der Waals surface area contributed by atoms with Crippen LogP contribution in [0.1, 0.15) is 26.7 Å². The molecule has 0 aromatic heterocycles. The molecule has 26 heavy (non-hydrogen) atoms. The van der Waals surface area contributed by atoms with E-state index in [0.717, 1.165) is 24.2 Å². The third kappa shape index (κ3) is 4.05. The summed E-state index contributed by atoms with van der Waals surface area (Å²) < 4.78 is 0. The summed E-state index contributed by atoms with van der Waals surface area (Å²) in [5.74, 6) is 0.422. The fourth-order valence-electron chi connectivity index (χ4n) is 3.36. The Kier molecular flexibility index (Phi) is 5.57. The monoisotopic (exact) mass is 346 g/mol. The summed E-state index contributed by atoms with van der Waals surface area (Å²) in [5, 5.41) is 3.23. The predicted octanol–water partition coefficient (Wildman–Crippen LogP) is 5.84. The van der Waals surface area contributed by atoms with Gasteiger partial charge in [0.25, 0.3) is 0 Å². The number of nitrogens with zero attached hydrogens (tertiary/aromatic N) is 1. The average molecular weight is 346 g/mol. The van der Waals surface area contributed by atoms with Gasteiger partial charge < -0.3 is 5.32 Å². The Labute approximate surface area is 156 Å². The van der Waals surface area contributed by atoms with Gasteiger partial charge in [-0.25, -0.2) is 4.79 Å². The Hall–Kier alpha value is -2.81. The Morgan fingerprint density at radius 3 is 2.08 bits per heavy atom. The van der Waals surface area contributed by atoms with Crippen LogP contribution in [0.2, 0.25) is 0 Å². The largest absolute Gasteiger partial charge is 0.331 e. The topological polar surface area (TPSA) is 32.3 Å². The lowest BCUT2D eigenvalue weighted by atomic mass is 9.83. The van der Waals surface area contributed by atoms with Crippen LogP contribution in [0.25, 0.3) is 0 Å². The molecule has 134 valence electrons. The van der Waals surface area contributed by atoms with Crippen molar-refractivity contribution in [2.45, 2.75) is 32.7 Å². The molecule has 2 aromatic rings. The van der Waals surface area contributed by atoms with Gasteiger partial charge in [-0.15, -0.1) is 0 Å². The molecule has 0 fully saturated rings. The fraction of sp³-hybridized carbons (Fsp3) is 0.261. The van der Waals surface area contributed by atoms with E-state index in [2.05, 4.69) is 31.8 Å². The molecule has 2 amide bonds. The van der Waals surface area contributed by atoms with Crippen molar-refractivity contribution in [1.82, 2.24) is 5.32 Å². The zero-order valence-corrected chi connectivity index (χ0v) is 15.5. The zero-order valence-electron chi connectivity index (χ0n) is 15.5. The van der Waals surface area contributed by atoms with E-state index in [1.807, 2.05) is 60.7 Å². The molecule has 1 N–H and O–H groups in total. The molecule has 0 heterocycles. The highest BCUT2D eigenvalue weighted by Gasteiger charge is 2.26. The van der Waals surface area contributed by atoms with Gasteiger partial charge in [-0.1, -0.05) is 60.2 Å². The Bertz CT molecular complexity index is 756. The SMILES string of the molecule is C=C(C)[C@H]1CC=C(C)[C@@H](NC(=O)N(c2ccccc2)c2ccccc2)C1. The summed E-state index contributed by atoms with van der Waals surface area (Å²) in [6.45, 7) is 8.26. The molecule has 3 rings (SSSR count). The van der Waals surface area contributed by atoms with E-state index in [1.54, 1.807) is 4.90 Å². The number of amides is 2. The smallest absolute Gasteiger partial charge is 0.326 e. The lowest BCUT2D eigenvalue weighted by molar-refractivity contribution is 0.244. The van der Waals surface area contributed by atoms with Crippen LogP contribution in [0, 0.1) is 5.92 Å². The molecule has 2 atom stereocenters. The molecule has 1 aliphatic rings. The van der Waals surface area contributed by atoms with Gasteiger partial charge in [0.05, 0.1) is 17.4 Å². The van der Waals surface area contributed by atoms with E-state index in [9.17, 15) is 4.79 Å². The van der Waals surface area contributed by atoms with Crippen molar-refractivity contribution >= 4 is 17.4 Å². The maximum absolute atomic E-state index is 13.2. The quantitative estimate of drug-likeness (QED) is 0.694. The number of allylic oxidation sites excluding steroid dienone is 2. The first-order chi connectivity index (χ1) is 12.6. The Balaban J connectivity index is 1.86. The molecule has 0 unspecified atom stereocenters. The summed E-state index contributed by atoms with van der Waals surface area (Å²) in [6.07, 6.45) is 4.14. The van der Waals surface area contributed by atoms with Crippen LogP contribution in [0.4, 0.5) is 16.2 Å². The number of hydrogen-bond donors (Lipinski definition) is 1. The van der Waals surface area contributed by atoms with Gasteiger partial charge in [0.2, 0.25) is 0 Å². The van der Waals surface area contributed by atoms with Crippen molar-refractivity contribution in [2.24, 2.45) is 5.92 Å². The van der Waals surface area contributed by atoms with Crippen LogP contribution in [0.5, 0.6) is 0 Å². The van der Waals surface area contributed by atoms with Crippen molar-refractivity contribution in [3.8, 4) is 0 Å². The van der Waals surface area contributed by atoms with Crippen molar-refractivity contribution < 1.29 is 4.79 Å². The van der Waals surface area contributed by atoms with Gasteiger partial charge in [0, 0.05) is 0 Å². The molecule has 0 radical (unpaired) electrons. The van der Waals surface area contributed by atoms with Gasteiger partial charge in [0.1, 0.15) is 0 Å². The van der Waals surface area contributed by atoms with E-state index in [1.165, 1.54) is 11.1 Å². The average Bonchev–Trinajstić information content (AvgIpc) is 2.65. The second kappa shape index (κ2) is 8.05. The van der Waals surface area contributed by atoms with Crippen LogP contribution in [0.15, 0.2) is 84.5 Å². The summed E-state index contributed by atoms with van der Waals surface area (Å²) in [6, 6.07) is 19.4. The van der Waals surface area contributed by atoms with Crippen molar-refractivity contribution in [1.29, 1.82) is 0 Å². The van der Waals surface area contributed by atoms with Gasteiger partial charge in [0.15, 0.2) is 0 Å². The van der Waals surface area contributed by atoms with Gasteiger partial charge >= 0.3 is 6.03 Å². The molecule has 0 saturated heterocycles. The lowest BCUT2D eigenvalue weighted by Gasteiger charge is -2.32. The summed E-state index contributed by atoms with van der Waals surface area (Å²) >= 11 is 0. The lowest BCUT2D eigenvalue weighted by Crippen LogP contribution is -2.45. The number of rotatable bonds is 4. The second-order valence-corrected chi connectivity index (χ2v) is 6.97. The molecule has 2 aromatic carbocycles. The van der Waals surface area contributed by atoms with Crippen LogP contribution in [0.3, 0.4) is 0 Å². The van der Waals surface area contributed by atoms with Crippen LogP contribution < -0.4 is 10.2 Å². The Morgan fingerprint density at radius 1 is 1.04 bits per heavy atom. The molecule has 0 bridgehead atoms. The van der Waals surface area contributed by atoms with Crippen molar-refractivity contribution in [3.05, 3.63) is 84.5 Å². The number of para-hydroxylation sites is 2. The van der Waals surface area contributed by atoms with E-state index >= 15 is 0 Å². The fourth-order valence-corrected chi connectivity index (χ4v) is 3.36. The summed E-state index contributed by atoms with van der Waals surface area (Å²) in [7, 11) is 0. The van der Waals surface area contributed by atoms with Crippen LogP contribution >= 0.6 is 0 Å². The van der Waals surface area contributed by atoms with E-state index in [-0.39, 0.29) is 12.1 Å². The first-order valence-corrected chi connectivity index (χ1v) is 9.09. The molecule has 0 spiro atoms. The maximum Gasteiger partial charge on any atom is 0.326 e. The highest BCUT2D eigenvalue weighted by molar-refractivity contribution is 5.99. The second-order valence-electron chi connectivity index (χ2n) is 6.97. The minimum absolute atomic E-state index is 0.0351. The third-order valence-electron chi connectivity index (χ3n) is 5.02. The number of benzene rings is 2. The van der Waals surface area contributed by atoms with E-state index in [0.29, 0.717) is 5.92 Å². The molecule has 1 aliphatic carbocycles. The number of nitrogens with one attached hydrogen (secondary N) is 1. The molecule has 3 nitrogen and oxygen atoms in total. The molecular weight excluding hydrogens is 320 g/mol. The minimum Gasteiger partial charge on any atom is -0.331 e. The normalized spacial score (nSPS) is 19.4. The number of anilines is 2. The van der Waals surface area contributed by atoms with E-state index < -0.39 is 0 Å². The zero-order chi connectivity index (χ0) is 18.5. The first-order valence-electron chi connectivity index (χ1n) is 9.09. The molecular formula is C23H26N2O. The summed E-state index contributed by atoms with van der Waals surface area (Å²) in [4.78, 5) is 14.9. The van der Waals surface area contributed by atoms with Crippen molar-refractivity contribution in [2.75, 3.05) is 4.90 Å². The highest BCUT2D eigenvalue weighted by atomic mass is 16.2. The van der Waals surface area contributed by atoms with Gasteiger partial charge in [-0.05, 0) is 56.9 Å². The van der Waals surface area contributed by atoms with E-state index in [4.69, 9.17) is 0 Å². The Morgan fingerprint density at radius 2 is 1.58 bits per heavy atom. The molecule has 3 heteroatoms. The number of urea groups is 1. The van der Waals surface area contributed by atoms with Crippen LogP contribution in [-0.2, 0) is 0 Å². The summed E-state index contributed by atoms with van der Waals surface area (Å²) in [5.41, 5.74) is 4.10. The molecule has 0 aliphatic heterocycles.